The summed E-state index contributed by atoms with van der Waals surface area (Å²) in [5, 5.41) is 14.8. The fourth-order valence-corrected chi connectivity index (χ4v) is 4.27. The number of nitrogens with one attached hydrogen (secondary N) is 2. The fraction of sp³-hybridized carbons (Fsp3) is 0.192. The number of carbonyl (C=O) groups is 3. The molecule has 2 amide bonds. The van der Waals surface area contributed by atoms with Gasteiger partial charge in [-0.1, -0.05) is 66.5 Å². The molecule has 0 heterocycles. The Balaban J connectivity index is 1.74. The van der Waals surface area contributed by atoms with Crippen molar-refractivity contribution in [1.29, 1.82) is 0 Å². The Morgan fingerprint density at radius 2 is 1.54 bits per heavy atom. The van der Waals surface area contributed by atoms with Gasteiger partial charge in [0.15, 0.2) is 0 Å². The molecule has 35 heavy (non-hydrogen) atoms. The quantitative estimate of drug-likeness (QED) is 0.273. The van der Waals surface area contributed by atoms with Gasteiger partial charge in [0.25, 0.3) is 11.8 Å². The lowest BCUT2D eigenvalue weighted by atomic mass is 9.98. The number of rotatable bonds is 8. The Morgan fingerprint density at radius 1 is 0.914 bits per heavy atom. The van der Waals surface area contributed by atoms with Crippen LogP contribution in [-0.2, 0) is 22.5 Å². The topological polar surface area (TPSA) is 105 Å². The average molecular weight is 515 g/mol. The Labute approximate surface area is 212 Å². The maximum atomic E-state index is 13.0. The van der Waals surface area contributed by atoms with Crippen molar-refractivity contribution in [2.45, 2.75) is 32.7 Å². The largest absolute Gasteiger partial charge is 0.364 e. The van der Waals surface area contributed by atoms with Crippen molar-refractivity contribution in [3.05, 3.63) is 98.5 Å². The molecule has 3 N–H and O–H groups in total. The zero-order chi connectivity index (χ0) is 25.5. The maximum Gasteiger partial charge on any atom is 0.364 e. The van der Waals surface area contributed by atoms with Crippen molar-refractivity contribution in [3.8, 4) is 0 Å². The van der Waals surface area contributed by atoms with Crippen LogP contribution in [0.4, 0.5) is 5.69 Å². The van der Waals surface area contributed by atoms with Crippen LogP contribution in [-0.4, -0.2) is 29.1 Å². The third-order valence-corrected chi connectivity index (χ3v) is 6.12. The van der Waals surface area contributed by atoms with Gasteiger partial charge in [-0.3, -0.25) is 14.5 Å². The van der Waals surface area contributed by atoms with Gasteiger partial charge >= 0.3 is 5.97 Å². The average Bonchev–Trinajstić information content (AvgIpc) is 2.83. The van der Waals surface area contributed by atoms with Crippen molar-refractivity contribution in [2.24, 2.45) is 0 Å². The highest BCUT2D eigenvalue weighted by molar-refractivity contribution is 6.40. The first-order valence-corrected chi connectivity index (χ1v) is 11.6. The minimum absolute atomic E-state index is 0.0586. The zero-order valence-corrected chi connectivity index (χ0v) is 20.6. The van der Waals surface area contributed by atoms with Gasteiger partial charge in [0.2, 0.25) is 0 Å². The number of hydrogen-bond acceptors (Lipinski definition) is 5. The molecule has 0 spiro atoms. The van der Waals surface area contributed by atoms with Crippen LogP contribution in [0.5, 0.6) is 0 Å². The summed E-state index contributed by atoms with van der Waals surface area (Å²) in [6.07, 6.45) is 0.704. The summed E-state index contributed by atoms with van der Waals surface area (Å²) in [5.41, 5.74) is 3.41. The molecule has 3 aromatic carbocycles. The lowest BCUT2D eigenvalue weighted by Gasteiger charge is -2.18. The summed E-state index contributed by atoms with van der Waals surface area (Å²) in [6.45, 7) is 3.75. The van der Waals surface area contributed by atoms with E-state index in [2.05, 4.69) is 15.5 Å². The molecule has 0 saturated carbocycles. The molecular formula is C26H24Cl2N2O5. The second-order valence-electron chi connectivity index (χ2n) is 7.85. The van der Waals surface area contributed by atoms with E-state index in [9.17, 15) is 14.4 Å². The molecule has 3 aromatic rings. The monoisotopic (exact) mass is 514 g/mol. The van der Waals surface area contributed by atoms with Gasteiger partial charge in [0, 0.05) is 17.7 Å². The minimum Gasteiger partial charge on any atom is -0.338 e. The number of amides is 2. The van der Waals surface area contributed by atoms with Crippen LogP contribution in [0.3, 0.4) is 0 Å². The molecule has 0 aromatic heterocycles. The number of hydrogen-bond donors (Lipinski definition) is 3. The molecule has 0 aliphatic carbocycles. The van der Waals surface area contributed by atoms with E-state index < -0.39 is 23.8 Å². The highest BCUT2D eigenvalue weighted by Crippen LogP contribution is 2.25. The number of halogens is 2. The second kappa shape index (κ2) is 11.8. The van der Waals surface area contributed by atoms with E-state index in [4.69, 9.17) is 28.5 Å². The molecule has 3 rings (SSSR count). The highest BCUT2D eigenvalue weighted by Gasteiger charge is 2.25. The van der Waals surface area contributed by atoms with Crippen LogP contribution in [0.15, 0.2) is 60.7 Å². The molecule has 0 aliphatic rings. The fourth-order valence-electron chi connectivity index (χ4n) is 3.70. The van der Waals surface area contributed by atoms with Gasteiger partial charge in [0.05, 0.1) is 15.6 Å². The number of benzene rings is 3. The van der Waals surface area contributed by atoms with Gasteiger partial charge in [-0.25, -0.2) is 4.79 Å². The van der Waals surface area contributed by atoms with Crippen LogP contribution in [0.1, 0.15) is 44.3 Å². The van der Waals surface area contributed by atoms with Crippen molar-refractivity contribution in [3.63, 3.8) is 0 Å². The summed E-state index contributed by atoms with van der Waals surface area (Å²) in [4.78, 5) is 41.6. The zero-order valence-electron chi connectivity index (χ0n) is 19.1. The van der Waals surface area contributed by atoms with E-state index in [1.807, 2.05) is 32.0 Å². The van der Waals surface area contributed by atoms with E-state index >= 15 is 0 Å². The molecule has 7 nitrogen and oxygen atoms in total. The number of aryl methyl sites for hydroxylation is 2. The van der Waals surface area contributed by atoms with Crippen LogP contribution in [0, 0.1) is 6.92 Å². The SMILES string of the molecule is CCc1cccc(C)c1C(=O)NC(Cc1ccc(NC(=O)c2c(Cl)cccc2Cl)cc1)C(=O)OO. The normalized spacial score (nSPS) is 11.5. The van der Waals surface area contributed by atoms with E-state index in [1.54, 1.807) is 42.5 Å². The molecule has 182 valence electrons. The maximum absolute atomic E-state index is 13.0. The van der Waals surface area contributed by atoms with Crippen LogP contribution < -0.4 is 10.6 Å². The first-order valence-electron chi connectivity index (χ1n) is 10.8. The molecule has 0 aliphatic heterocycles. The molecule has 0 bridgehead atoms. The van der Waals surface area contributed by atoms with Gasteiger partial charge in [-0.05, 0) is 54.3 Å². The first kappa shape index (κ1) is 26.2. The lowest BCUT2D eigenvalue weighted by Crippen LogP contribution is -2.43. The van der Waals surface area contributed by atoms with Crippen molar-refractivity contribution < 1.29 is 24.5 Å². The van der Waals surface area contributed by atoms with E-state index in [0.717, 1.165) is 11.1 Å². The Hall–Kier alpha value is -3.39. The van der Waals surface area contributed by atoms with Crippen molar-refractivity contribution in [1.82, 2.24) is 5.32 Å². The molecule has 9 heteroatoms. The van der Waals surface area contributed by atoms with Gasteiger partial charge in [-0.15, -0.1) is 0 Å². The van der Waals surface area contributed by atoms with Crippen LogP contribution in [0.2, 0.25) is 10.0 Å². The molecule has 0 radical (unpaired) electrons. The molecule has 0 saturated heterocycles. The summed E-state index contributed by atoms with van der Waals surface area (Å²) < 4.78 is 0. The third-order valence-electron chi connectivity index (χ3n) is 5.49. The molecular weight excluding hydrogens is 491 g/mol. The number of anilines is 1. The minimum atomic E-state index is -1.13. The van der Waals surface area contributed by atoms with E-state index in [-0.39, 0.29) is 22.0 Å². The summed E-state index contributed by atoms with van der Waals surface area (Å²) >= 11 is 12.2. The molecule has 0 fully saturated rings. The van der Waals surface area contributed by atoms with Crippen molar-refractivity contribution in [2.75, 3.05) is 5.32 Å². The Morgan fingerprint density at radius 3 is 2.14 bits per heavy atom. The van der Waals surface area contributed by atoms with Gasteiger partial charge in [-0.2, -0.15) is 5.26 Å². The Kier molecular flexibility index (Phi) is 8.87. The standard InChI is InChI=1S/C26H24Cl2N2O5/c1-3-17-7-4-6-15(2)22(17)24(31)30-21(26(33)35-34)14-16-10-12-18(13-11-16)29-25(32)23-19(27)8-5-9-20(23)28/h4-13,21,34H,3,14H2,1-2H3,(H,29,32)(H,30,31). The molecule has 1 unspecified atom stereocenters. The first-order chi connectivity index (χ1) is 16.7. The highest BCUT2D eigenvalue weighted by atomic mass is 35.5. The van der Waals surface area contributed by atoms with Crippen LogP contribution in [0.25, 0.3) is 0 Å². The predicted molar refractivity (Wildman–Crippen MR) is 135 cm³/mol. The second-order valence-corrected chi connectivity index (χ2v) is 8.67. The summed E-state index contributed by atoms with van der Waals surface area (Å²) in [7, 11) is 0. The van der Waals surface area contributed by atoms with Gasteiger partial charge in [0.1, 0.15) is 6.04 Å². The smallest absolute Gasteiger partial charge is 0.338 e. The number of carbonyl (C=O) groups excluding carboxylic acids is 3. The summed E-state index contributed by atoms with van der Waals surface area (Å²) in [6, 6.07) is 15.8. The Bertz CT molecular complexity index is 1220. The predicted octanol–water partition coefficient (Wildman–Crippen LogP) is 5.47. The molecule has 1 atom stereocenters. The van der Waals surface area contributed by atoms with Gasteiger partial charge < -0.3 is 10.6 Å². The van der Waals surface area contributed by atoms with Crippen LogP contribution >= 0.6 is 23.2 Å². The van der Waals surface area contributed by atoms with E-state index in [0.29, 0.717) is 23.2 Å². The summed E-state index contributed by atoms with van der Waals surface area (Å²) in [5.74, 6) is -1.89. The van der Waals surface area contributed by atoms with Crippen molar-refractivity contribution >= 4 is 46.7 Å². The lowest BCUT2D eigenvalue weighted by molar-refractivity contribution is -0.236. The van der Waals surface area contributed by atoms with E-state index in [1.165, 1.54) is 0 Å². The third kappa shape index (κ3) is 6.39.